The number of allylic oxidation sites excluding steroid dienone is 10. The summed E-state index contributed by atoms with van der Waals surface area (Å²) >= 11 is 6.17. The van der Waals surface area contributed by atoms with Crippen molar-refractivity contribution in [2.75, 3.05) is 14.2 Å². The summed E-state index contributed by atoms with van der Waals surface area (Å²) in [6.45, 7) is 9.07. The second kappa shape index (κ2) is 25.2. The number of benzene rings is 2. The van der Waals surface area contributed by atoms with E-state index < -0.39 is 5.97 Å². The highest BCUT2D eigenvalue weighted by atomic mass is 35.5. The van der Waals surface area contributed by atoms with Crippen molar-refractivity contribution in [2.24, 2.45) is 11.8 Å². The van der Waals surface area contributed by atoms with E-state index in [1.165, 1.54) is 38.2 Å². The zero-order valence-corrected chi connectivity index (χ0v) is 31.5. The van der Waals surface area contributed by atoms with Crippen LogP contribution in [0.25, 0.3) is 6.08 Å². The van der Waals surface area contributed by atoms with Crippen LogP contribution in [0.5, 0.6) is 17.2 Å². The first kappa shape index (κ1) is 41.4. The zero-order chi connectivity index (χ0) is 35.7. The van der Waals surface area contributed by atoms with Crippen molar-refractivity contribution in [1.82, 2.24) is 0 Å². The molecular weight excluding hydrogens is 628 g/mol. The molecule has 2 aromatic rings. The molecule has 0 aliphatic rings. The van der Waals surface area contributed by atoms with Gasteiger partial charge in [0.25, 0.3) is 0 Å². The highest BCUT2D eigenvalue weighted by molar-refractivity contribution is 6.32. The van der Waals surface area contributed by atoms with Gasteiger partial charge >= 0.3 is 5.97 Å². The number of carbonyl (C=O) groups excluding carboxylic acids is 1. The fourth-order valence-electron chi connectivity index (χ4n) is 5.36. The molecule has 49 heavy (non-hydrogen) atoms. The lowest BCUT2D eigenvalue weighted by molar-refractivity contribution is -0.129. The van der Waals surface area contributed by atoms with Crippen LogP contribution < -0.4 is 14.2 Å². The molecule has 0 unspecified atom stereocenters. The molecule has 266 valence electrons. The van der Waals surface area contributed by atoms with Crippen LogP contribution in [-0.4, -0.2) is 20.2 Å². The van der Waals surface area contributed by atoms with Gasteiger partial charge in [-0.3, -0.25) is 0 Å². The van der Waals surface area contributed by atoms with Crippen molar-refractivity contribution in [3.8, 4) is 17.2 Å². The predicted molar refractivity (Wildman–Crippen MR) is 210 cm³/mol. The van der Waals surface area contributed by atoms with Gasteiger partial charge in [0, 0.05) is 11.6 Å². The van der Waals surface area contributed by atoms with Gasteiger partial charge in [0.2, 0.25) is 0 Å². The van der Waals surface area contributed by atoms with Crippen LogP contribution in [0.1, 0.15) is 102 Å². The fourth-order valence-corrected chi connectivity index (χ4v) is 5.62. The summed E-state index contributed by atoms with van der Waals surface area (Å²) in [7, 11) is 3.31. The summed E-state index contributed by atoms with van der Waals surface area (Å²) in [4.78, 5) is 12.9. The van der Waals surface area contributed by atoms with Gasteiger partial charge in [-0.25, -0.2) is 4.79 Å². The summed E-state index contributed by atoms with van der Waals surface area (Å²) in [6.07, 6.45) is 35.1. The summed E-state index contributed by atoms with van der Waals surface area (Å²) in [5.74, 6) is 3.15. The Labute approximate surface area is 302 Å². The molecule has 0 amide bonds. The number of ether oxygens (including phenoxy) is 3. The molecule has 0 atom stereocenters. The summed E-state index contributed by atoms with van der Waals surface area (Å²) in [6, 6.07) is 9.84. The summed E-state index contributed by atoms with van der Waals surface area (Å²) in [5, 5.41) is 0.588. The summed E-state index contributed by atoms with van der Waals surface area (Å²) in [5.41, 5.74) is 3.13. The molecule has 0 saturated carbocycles. The van der Waals surface area contributed by atoms with Crippen LogP contribution in [0.15, 0.2) is 97.2 Å². The third kappa shape index (κ3) is 18.5. The topological polar surface area (TPSA) is 44.8 Å². The smallest absolute Gasteiger partial charge is 0.336 e. The van der Waals surface area contributed by atoms with E-state index in [2.05, 4.69) is 33.8 Å². The lowest BCUT2D eigenvalue weighted by Gasteiger charge is -2.16. The van der Waals surface area contributed by atoms with Gasteiger partial charge < -0.3 is 14.2 Å². The Hall–Kier alpha value is -3.76. The molecule has 0 aromatic heterocycles. The van der Waals surface area contributed by atoms with E-state index >= 15 is 0 Å². The SMILES string of the molecule is COc1ccc(C=CC=CC=CC=CC=CC=CC(=O)Oc2cc(CCCC(C)C)cc(OC)c2CCCCCCCCC(C)C)cc1Cl. The number of hydrogen-bond donors (Lipinski definition) is 0. The van der Waals surface area contributed by atoms with E-state index in [9.17, 15) is 4.79 Å². The van der Waals surface area contributed by atoms with Gasteiger partial charge in [-0.2, -0.15) is 0 Å². The van der Waals surface area contributed by atoms with E-state index in [1.807, 2.05) is 85.0 Å². The van der Waals surface area contributed by atoms with E-state index in [4.69, 9.17) is 25.8 Å². The van der Waals surface area contributed by atoms with Gasteiger partial charge in [-0.1, -0.05) is 157 Å². The lowest BCUT2D eigenvalue weighted by atomic mass is 9.97. The molecule has 0 fully saturated rings. The zero-order valence-electron chi connectivity index (χ0n) is 30.8. The van der Waals surface area contributed by atoms with Gasteiger partial charge in [0.1, 0.15) is 17.2 Å². The Morgan fingerprint density at radius 2 is 1.18 bits per heavy atom. The molecule has 0 bridgehead atoms. The van der Waals surface area contributed by atoms with E-state index in [0.717, 1.165) is 66.9 Å². The van der Waals surface area contributed by atoms with E-state index in [-0.39, 0.29) is 0 Å². The number of unbranched alkanes of at least 4 members (excludes halogenated alkanes) is 5. The largest absolute Gasteiger partial charge is 0.496 e. The predicted octanol–water partition coefficient (Wildman–Crippen LogP) is 12.7. The van der Waals surface area contributed by atoms with Gasteiger partial charge in [-0.15, -0.1) is 0 Å². The Balaban J connectivity index is 1.92. The maximum Gasteiger partial charge on any atom is 0.336 e. The van der Waals surface area contributed by atoms with Crippen molar-refractivity contribution < 1.29 is 19.0 Å². The minimum absolute atomic E-state index is 0.392. The maximum atomic E-state index is 12.9. The van der Waals surface area contributed by atoms with E-state index in [0.29, 0.717) is 22.4 Å². The van der Waals surface area contributed by atoms with Crippen LogP contribution in [0.2, 0.25) is 5.02 Å². The standard InChI is InChI=1S/C44H59ClO4/c1-35(2)24-19-15-13-14-17-21-28-39-42(48-6)33-38(27-23-25-36(3)4)34-43(39)49-44(46)29-22-18-12-10-8-7-9-11-16-20-26-37-30-31-41(47-5)40(45)32-37/h7-12,16,18,20,22,26,29-36H,13-15,17,19,21,23-25,27-28H2,1-6H3. The number of aryl methyl sites for hydroxylation is 1. The number of methoxy groups -OCH3 is 2. The Morgan fingerprint density at radius 1 is 0.633 bits per heavy atom. The second-order valence-electron chi connectivity index (χ2n) is 13.2. The summed E-state index contributed by atoms with van der Waals surface area (Å²) < 4.78 is 16.9. The molecule has 4 nitrogen and oxygen atoms in total. The normalized spacial score (nSPS) is 12.4. The first-order chi connectivity index (χ1) is 23.7. The minimum atomic E-state index is -0.392. The molecule has 0 radical (unpaired) electrons. The van der Waals surface area contributed by atoms with Crippen LogP contribution >= 0.6 is 11.6 Å². The Bertz CT molecular complexity index is 1420. The molecule has 2 aromatic carbocycles. The molecule has 0 aliphatic heterocycles. The lowest BCUT2D eigenvalue weighted by Crippen LogP contribution is -2.08. The number of carbonyl (C=O) groups is 1. The van der Waals surface area contributed by atoms with Crippen molar-refractivity contribution in [3.63, 3.8) is 0 Å². The van der Waals surface area contributed by atoms with Crippen molar-refractivity contribution in [1.29, 1.82) is 0 Å². The number of esters is 1. The molecule has 0 spiro atoms. The molecule has 0 N–H and O–H groups in total. The van der Waals surface area contributed by atoms with E-state index in [1.54, 1.807) is 20.3 Å². The Kier molecular flexibility index (Phi) is 21.3. The molecule has 0 saturated heterocycles. The van der Waals surface area contributed by atoms with Crippen molar-refractivity contribution in [3.05, 3.63) is 119 Å². The van der Waals surface area contributed by atoms with Crippen molar-refractivity contribution >= 4 is 23.6 Å². The van der Waals surface area contributed by atoms with Crippen LogP contribution in [-0.2, 0) is 17.6 Å². The maximum absolute atomic E-state index is 12.9. The van der Waals surface area contributed by atoms with Crippen LogP contribution in [0.4, 0.5) is 0 Å². The molecule has 0 heterocycles. The van der Waals surface area contributed by atoms with Gasteiger partial charge in [0.05, 0.1) is 19.2 Å². The first-order valence-corrected chi connectivity index (χ1v) is 18.4. The molecule has 0 aliphatic carbocycles. The third-order valence-corrected chi connectivity index (χ3v) is 8.36. The highest BCUT2D eigenvalue weighted by Gasteiger charge is 2.15. The molecule has 2 rings (SSSR count). The van der Waals surface area contributed by atoms with Crippen molar-refractivity contribution in [2.45, 2.75) is 98.3 Å². The average molecular weight is 687 g/mol. The first-order valence-electron chi connectivity index (χ1n) is 18.0. The third-order valence-electron chi connectivity index (χ3n) is 8.06. The minimum Gasteiger partial charge on any atom is -0.496 e. The number of halogens is 1. The van der Waals surface area contributed by atoms with Gasteiger partial charge in [-0.05, 0) is 72.9 Å². The molecular formula is C44H59ClO4. The average Bonchev–Trinajstić information content (AvgIpc) is 3.06. The number of rotatable bonds is 23. The Morgan fingerprint density at radius 3 is 1.80 bits per heavy atom. The molecule has 5 heteroatoms. The monoisotopic (exact) mass is 686 g/mol. The van der Waals surface area contributed by atoms with Gasteiger partial charge in [0.15, 0.2) is 0 Å². The number of hydrogen-bond acceptors (Lipinski definition) is 4. The van der Waals surface area contributed by atoms with Crippen LogP contribution in [0.3, 0.4) is 0 Å². The van der Waals surface area contributed by atoms with Crippen LogP contribution in [0, 0.1) is 11.8 Å². The quantitative estimate of drug-likeness (QED) is 0.0384. The second-order valence-corrected chi connectivity index (χ2v) is 13.6. The fraction of sp³-hybridized carbons (Fsp3) is 0.432. The highest BCUT2D eigenvalue weighted by Crippen LogP contribution is 2.33.